The number of nitrogens with zero attached hydrogens (tertiary/aromatic N) is 5. The lowest BCUT2D eigenvalue weighted by Gasteiger charge is -2.27. The van der Waals surface area contributed by atoms with Crippen molar-refractivity contribution < 1.29 is 19.1 Å². The molecule has 1 aromatic rings. The maximum Gasteiger partial charge on any atom is 0.411 e. The highest BCUT2D eigenvalue weighted by atomic mass is 16.6. The SMILES string of the molecule is COC(=O)[C@H]1C[C@@H](c2nnn(C)n2)CN1C(=O)OC(C)(C)C. The summed E-state index contributed by atoms with van der Waals surface area (Å²) in [6.07, 6.45) is -0.160. The molecule has 1 aromatic heterocycles. The molecule has 1 aliphatic rings. The van der Waals surface area contributed by atoms with Crippen molar-refractivity contribution >= 4 is 12.1 Å². The van der Waals surface area contributed by atoms with Gasteiger partial charge in [0.1, 0.15) is 11.6 Å². The lowest BCUT2D eigenvalue weighted by atomic mass is 10.1. The van der Waals surface area contributed by atoms with Crippen molar-refractivity contribution in [3.8, 4) is 0 Å². The molecule has 1 aliphatic heterocycles. The van der Waals surface area contributed by atoms with Gasteiger partial charge in [-0.15, -0.1) is 10.2 Å². The summed E-state index contributed by atoms with van der Waals surface area (Å²) >= 11 is 0. The van der Waals surface area contributed by atoms with Crippen molar-refractivity contribution in [3.63, 3.8) is 0 Å². The molecule has 0 aliphatic carbocycles. The molecule has 9 nitrogen and oxygen atoms in total. The second-order valence-electron chi connectivity index (χ2n) is 6.24. The molecule has 0 saturated carbocycles. The number of hydrogen-bond donors (Lipinski definition) is 0. The Morgan fingerprint density at radius 3 is 2.50 bits per heavy atom. The standard InChI is InChI=1S/C13H21N5O4/c1-13(2,3)22-12(20)18-7-8(6-9(18)11(19)21-5)10-14-16-17(4)15-10/h8-9H,6-7H2,1-5H3/t8-,9-/m1/s1. The summed E-state index contributed by atoms with van der Waals surface area (Å²) in [6, 6.07) is -0.700. The van der Waals surface area contributed by atoms with E-state index >= 15 is 0 Å². The van der Waals surface area contributed by atoms with E-state index in [1.165, 1.54) is 16.8 Å². The molecular weight excluding hydrogens is 290 g/mol. The van der Waals surface area contributed by atoms with Crippen molar-refractivity contribution in [2.75, 3.05) is 13.7 Å². The van der Waals surface area contributed by atoms with Crippen LogP contribution in [0.15, 0.2) is 0 Å². The molecule has 0 unspecified atom stereocenters. The van der Waals surface area contributed by atoms with Crippen LogP contribution in [0.2, 0.25) is 0 Å². The van der Waals surface area contributed by atoms with E-state index in [4.69, 9.17) is 9.47 Å². The predicted molar refractivity (Wildman–Crippen MR) is 74.9 cm³/mol. The highest BCUT2D eigenvalue weighted by Crippen LogP contribution is 2.31. The van der Waals surface area contributed by atoms with E-state index in [1.807, 2.05) is 0 Å². The second-order valence-corrected chi connectivity index (χ2v) is 6.24. The zero-order valence-electron chi connectivity index (χ0n) is 13.4. The average Bonchev–Trinajstić information content (AvgIpc) is 3.01. The second kappa shape index (κ2) is 5.90. The first-order chi connectivity index (χ1) is 10.2. The maximum absolute atomic E-state index is 12.3. The lowest BCUT2D eigenvalue weighted by molar-refractivity contribution is -0.145. The van der Waals surface area contributed by atoms with Crippen LogP contribution in [0.25, 0.3) is 0 Å². The number of methoxy groups -OCH3 is 1. The molecule has 0 bridgehead atoms. The number of carbonyl (C=O) groups is 2. The summed E-state index contributed by atoms with van der Waals surface area (Å²) in [5.41, 5.74) is -0.638. The fourth-order valence-corrected chi connectivity index (χ4v) is 2.37. The quantitative estimate of drug-likeness (QED) is 0.732. The van der Waals surface area contributed by atoms with Crippen LogP contribution in [-0.2, 0) is 21.3 Å². The third-order valence-corrected chi connectivity index (χ3v) is 3.29. The van der Waals surface area contributed by atoms with E-state index in [1.54, 1.807) is 27.8 Å². The Bertz CT molecular complexity index is 565. The molecule has 122 valence electrons. The number of likely N-dealkylation sites (tertiary alicyclic amines) is 1. The summed E-state index contributed by atoms with van der Waals surface area (Å²) in [6.45, 7) is 5.61. The highest BCUT2D eigenvalue weighted by molar-refractivity contribution is 5.82. The van der Waals surface area contributed by atoms with Gasteiger partial charge < -0.3 is 9.47 Å². The number of amides is 1. The Kier molecular flexibility index (Phi) is 4.34. The van der Waals surface area contributed by atoms with Crippen LogP contribution in [-0.4, -0.2) is 62.5 Å². The largest absolute Gasteiger partial charge is 0.467 e. The number of hydrogen-bond acceptors (Lipinski definition) is 7. The van der Waals surface area contributed by atoms with E-state index in [2.05, 4.69) is 15.4 Å². The molecule has 9 heteroatoms. The van der Waals surface area contributed by atoms with Gasteiger partial charge in [-0.05, 0) is 32.4 Å². The van der Waals surface area contributed by atoms with E-state index < -0.39 is 23.7 Å². The summed E-state index contributed by atoms with van der Waals surface area (Å²) < 4.78 is 10.1. The number of ether oxygens (including phenoxy) is 2. The summed E-state index contributed by atoms with van der Waals surface area (Å²) in [5, 5.41) is 11.9. The van der Waals surface area contributed by atoms with Gasteiger partial charge in [-0.3, -0.25) is 4.90 Å². The number of aromatic nitrogens is 4. The van der Waals surface area contributed by atoms with E-state index in [0.717, 1.165) is 0 Å². The molecular formula is C13H21N5O4. The topological polar surface area (TPSA) is 99.4 Å². The average molecular weight is 311 g/mol. The fraction of sp³-hybridized carbons (Fsp3) is 0.769. The van der Waals surface area contributed by atoms with Crippen LogP contribution < -0.4 is 0 Å². The van der Waals surface area contributed by atoms with E-state index in [-0.39, 0.29) is 5.92 Å². The lowest BCUT2D eigenvalue weighted by Crippen LogP contribution is -2.43. The Morgan fingerprint density at radius 2 is 2.00 bits per heavy atom. The fourth-order valence-electron chi connectivity index (χ4n) is 2.37. The van der Waals surface area contributed by atoms with Crippen molar-refractivity contribution in [1.29, 1.82) is 0 Å². The van der Waals surface area contributed by atoms with Gasteiger partial charge in [-0.1, -0.05) is 0 Å². The van der Waals surface area contributed by atoms with Crippen LogP contribution >= 0.6 is 0 Å². The van der Waals surface area contributed by atoms with E-state index in [9.17, 15) is 9.59 Å². The third-order valence-electron chi connectivity index (χ3n) is 3.29. The van der Waals surface area contributed by atoms with Gasteiger partial charge in [-0.2, -0.15) is 4.80 Å². The summed E-state index contributed by atoms with van der Waals surface area (Å²) in [7, 11) is 2.96. The minimum Gasteiger partial charge on any atom is -0.467 e. The first-order valence-electron chi connectivity index (χ1n) is 7.02. The molecule has 0 spiro atoms. The number of rotatable bonds is 2. The minimum atomic E-state index is -0.700. The number of esters is 1. The Balaban J connectivity index is 2.18. The van der Waals surface area contributed by atoms with Crippen LogP contribution in [0, 0.1) is 0 Å². The first-order valence-corrected chi connectivity index (χ1v) is 7.02. The molecule has 0 N–H and O–H groups in total. The predicted octanol–water partition coefficient (Wildman–Crippen LogP) is 0.476. The van der Waals surface area contributed by atoms with Crippen molar-refractivity contribution in [2.45, 2.75) is 44.8 Å². The molecule has 1 fully saturated rings. The molecule has 1 amide bonds. The Morgan fingerprint density at radius 1 is 1.32 bits per heavy atom. The van der Waals surface area contributed by atoms with Crippen LogP contribution in [0.3, 0.4) is 0 Å². The monoisotopic (exact) mass is 311 g/mol. The van der Waals surface area contributed by atoms with Gasteiger partial charge in [0.2, 0.25) is 0 Å². The van der Waals surface area contributed by atoms with Gasteiger partial charge in [-0.25, -0.2) is 9.59 Å². The van der Waals surface area contributed by atoms with Gasteiger partial charge >= 0.3 is 12.1 Å². The van der Waals surface area contributed by atoms with Gasteiger partial charge in [0, 0.05) is 12.5 Å². The summed E-state index contributed by atoms with van der Waals surface area (Å²) in [5.74, 6) is -0.148. The molecule has 1 saturated heterocycles. The van der Waals surface area contributed by atoms with Crippen molar-refractivity contribution in [2.24, 2.45) is 7.05 Å². The highest BCUT2D eigenvalue weighted by Gasteiger charge is 2.44. The molecule has 22 heavy (non-hydrogen) atoms. The number of aryl methyl sites for hydroxylation is 1. The molecule has 0 aromatic carbocycles. The van der Waals surface area contributed by atoms with Crippen LogP contribution in [0.1, 0.15) is 38.9 Å². The van der Waals surface area contributed by atoms with Gasteiger partial charge in [0.25, 0.3) is 0 Å². The van der Waals surface area contributed by atoms with Crippen molar-refractivity contribution in [1.82, 2.24) is 25.1 Å². The zero-order chi connectivity index (χ0) is 16.5. The van der Waals surface area contributed by atoms with Crippen molar-refractivity contribution in [3.05, 3.63) is 5.82 Å². The summed E-state index contributed by atoms with van der Waals surface area (Å²) in [4.78, 5) is 27.0. The first kappa shape index (κ1) is 16.2. The molecule has 2 atom stereocenters. The van der Waals surface area contributed by atoms with Gasteiger partial charge in [0.15, 0.2) is 5.82 Å². The molecule has 2 rings (SSSR count). The minimum absolute atomic E-state index is 0.176. The smallest absolute Gasteiger partial charge is 0.411 e. The molecule has 2 heterocycles. The normalized spacial score (nSPS) is 21.8. The molecule has 0 radical (unpaired) electrons. The number of tetrazole rings is 1. The van der Waals surface area contributed by atoms with Gasteiger partial charge in [0.05, 0.1) is 14.2 Å². The number of carbonyl (C=O) groups excluding carboxylic acids is 2. The Labute approximate surface area is 128 Å². The zero-order valence-corrected chi connectivity index (χ0v) is 13.4. The maximum atomic E-state index is 12.3. The van der Waals surface area contributed by atoms with Crippen LogP contribution in [0.5, 0.6) is 0 Å². The third kappa shape index (κ3) is 3.52. The Hall–Kier alpha value is -2.19. The van der Waals surface area contributed by atoms with E-state index in [0.29, 0.717) is 18.8 Å². The van der Waals surface area contributed by atoms with Crippen LogP contribution in [0.4, 0.5) is 4.79 Å².